The van der Waals surface area contributed by atoms with Crippen molar-refractivity contribution in [2.75, 3.05) is 24.3 Å². The van der Waals surface area contributed by atoms with Gasteiger partial charge in [0.2, 0.25) is 11.9 Å². The summed E-state index contributed by atoms with van der Waals surface area (Å²) in [5.41, 5.74) is 5.10. The Morgan fingerprint density at radius 3 is 2.61 bits per heavy atom. The van der Waals surface area contributed by atoms with E-state index in [1.807, 2.05) is 20.8 Å². The van der Waals surface area contributed by atoms with Gasteiger partial charge in [-0.15, -0.1) is 0 Å². The third-order valence-corrected chi connectivity index (χ3v) is 2.61. The molecule has 18 heavy (non-hydrogen) atoms. The molecule has 1 rings (SSSR count). The van der Waals surface area contributed by atoms with Crippen LogP contribution in [0.5, 0.6) is 6.01 Å². The SMILES string of the molecule is CCCOc1nc(N)nc(NC(C)(CC)CO)n1. The maximum absolute atomic E-state index is 9.33. The summed E-state index contributed by atoms with van der Waals surface area (Å²) in [6, 6.07) is 0.197. The van der Waals surface area contributed by atoms with Crippen molar-refractivity contribution in [2.45, 2.75) is 39.2 Å². The van der Waals surface area contributed by atoms with Crippen LogP contribution in [0, 0.1) is 0 Å². The first kappa shape index (κ1) is 14.4. The van der Waals surface area contributed by atoms with E-state index < -0.39 is 5.54 Å². The van der Waals surface area contributed by atoms with Gasteiger partial charge < -0.3 is 20.9 Å². The predicted octanol–water partition coefficient (Wildman–Crippen LogP) is 0.815. The molecule has 0 amide bonds. The number of nitrogens with zero attached hydrogens (tertiary/aromatic N) is 3. The molecule has 102 valence electrons. The summed E-state index contributed by atoms with van der Waals surface area (Å²) >= 11 is 0. The number of aromatic nitrogens is 3. The van der Waals surface area contributed by atoms with E-state index in [0.29, 0.717) is 12.6 Å². The van der Waals surface area contributed by atoms with Crippen LogP contribution in [-0.4, -0.2) is 38.8 Å². The Hall–Kier alpha value is -1.63. The van der Waals surface area contributed by atoms with Gasteiger partial charge in [0.25, 0.3) is 0 Å². The molecule has 1 atom stereocenters. The highest BCUT2D eigenvalue weighted by atomic mass is 16.5. The first-order valence-corrected chi connectivity index (χ1v) is 6.06. The number of aliphatic hydroxyl groups excluding tert-OH is 1. The lowest BCUT2D eigenvalue weighted by atomic mass is 10.0. The summed E-state index contributed by atoms with van der Waals surface area (Å²) in [6.07, 6.45) is 1.58. The predicted molar refractivity (Wildman–Crippen MR) is 69.4 cm³/mol. The minimum absolute atomic E-state index is 0.0275. The number of aliphatic hydroxyl groups is 1. The largest absolute Gasteiger partial charge is 0.463 e. The Labute approximate surface area is 107 Å². The van der Waals surface area contributed by atoms with Crippen LogP contribution in [0.15, 0.2) is 0 Å². The molecule has 7 heteroatoms. The zero-order chi connectivity index (χ0) is 13.6. The number of rotatable bonds is 7. The molecule has 0 fully saturated rings. The number of nitrogens with one attached hydrogen (secondary N) is 1. The number of hydrogen-bond acceptors (Lipinski definition) is 7. The fourth-order valence-electron chi connectivity index (χ4n) is 1.20. The molecule has 0 aromatic carbocycles. The van der Waals surface area contributed by atoms with Gasteiger partial charge in [-0.3, -0.25) is 0 Å². The molecule has 0 aliphatic rings. The van der Waals surface area contributed by atoms with Crippen LogP contribution in [-0.2, 0) is 0 Å². The van der Waals surface area contributed by atoms with Crippen molar-refractivity contribution in [3.8, 4) is 6.01 Å². The van der Waals surface area contributed by atoms with Crippen molar-refractivity contribution >= 4 is 11.9 Å². The van der Waals surface area contributed by atoms with E-state index in [4.69, 9.17) is 10.5 Å². The monoisotopic (exact) mass is 255 g/mol. The second-order valence-electron chi connectivity index (χ2n) is 4.35. The van der Waals surface area contributed by atoms with Gasteiger partial charge in [-0.1, -0.05) is 13.8 Å². The van der Waals surface area contributed by atoms with Gasteiger partial charge in [0.05, 0.1) is 18.8 Å². The summed E-state index contributed by atoms with van der Waals surface area (Å²) in [5.74, 6) is 0.405. The molecule has 4 N–H and O–H groups in total. The first-order valence-electron chi connectivity index (χ1n) is 6.06. The number of ether oxygens (including phenoxy) is 1. The van der Waals surface area contributed by atoms with Gasteiger partial charge in [0.1, 0.15) is 0 Å². The van der Waals surface area contributed by atoms with Gasteiger partial charge >= 0.3 is 6.01 Å². The molecule has 1 aromatic heterocycles. The Morgan fingerprint density at radius 1 is 1.33 bits per heavy atom. The van der Waals surface area contributed by atoms with E-state index in [2.05, 4.69) is 20.3 Å². The van der Waals surface area contributed by atoms with Gasteiger partial charge in [-0.25, -0.2) is 0 Å². The molecule has 1 unspecified atom stereocenters. The van der Waals surface area contributed by atoms with Gasteiger partial charge in [0.15, 0.2) is 0 Å². The zero-order valence-electron chi connectivity index (χ0n) is 11.1. The lowest BCUT2D eigenvalue weighted by Crippen LogP contribution is -2.38. The second-order valence-corrected chi connectivity index (χ2v) is 4.35. The van der Waals surface area contributed by atoms with E-state index in [9.17, 15) is 5.11 Å². The van der Waals surface area contributed by atoms with Crippen molar-refractivity contribution in [1.29, 1.82) is 0 Å². The Bertz CT molecular complexity index is 382. The van der Waals surface area contributed by atoms with Crippen LogP contribution < -0.4 is 15.8 Å². The molecular weight excluding hydrogens is 234 g/mol. The van der Waals surface area contributed by atoms with Crippen LogP contribution in [0.2, 0.25) is 0 Å². The maximum atomic E-state index is 9.33. The summed E-state index contributed by atoms with van der Waals surface area (Å²) in [4.78, 5) is 12.0. The fraction of sp³-hybridized carbons (Fsp3) is 0.727. The molecule has 1 aromatic rings. The normalized spacial score (nSPS) is 14.0. The van der Waals surface area contributed by atoms with Crippen LogP contribution in [0.4, 0.5) is 11.9 Å². The Balaban J connectivity index is 2.85. The summed E-state index contributed by atoms with van der Waals surface area (Å²) in [6.45, 7) is 6.32. The number of hydrogen-bond donors (Lipinski definition) is 3. The molecule has 0 bridgehead atoms. The van der Waals surface area contributed by atoms with Crippen molar-refractivity contribution in [2.24, 2.45) is 0 Å². The Morgan fingerprint density at radius 2 is 2.06 bits per heavy atom. The minimum atomic E-state index is -0.490. The van der Waals surface area contributed by atoms with Crippen molar-refractivity contribution in [3.05, 3.63) is 0 Å². The van der Waals surface area contributed by atoms with Gasteiger partial charge in [-0.05, 0) is 19.8 Å². The van der Waals surface area contributed by atoms with E-state index in [1.165, 1.54) is 0 Å². The molecule has 7 nitrogen and oxygen atoms in total. The highest BCUT2D eigenvalue weighted by Crippen LogP contribution is 2.17. The molecular formula is C11H21N5O2. The highest BCUT2D eigenvalue weighted by Gasteiger charge is 2.22. The highest BCUT2D eigenvalue weighted by molar-refractivity contribution is 5.35. The van der Waals surface area contributed by atoms with Crippen LogP contribution >= 0.6 is 0 Å². The van der Waals surface area contributed by atoms with E-state index in [1.54, 1.807) is 0 Å². The van der Waals surface area contributed by atoms with Crippen molar-refractivity contribution < 1.29 is 9.84 Å². The average molecular weight is 255 g/mol. The quantitative estimate of drug-likeness (QED) is 0.662. The third kappa shape index (κ3) is 3.99. The fourth-order valence-corrected chi connectivity index (χ4v) is 1.20. The molecule has 1 heterocycles. The first-order chi connectivity index (χ1) is 8.53. The van der Waals surface area contributed by atoms with Gasteiger partial charge in [-0.2, -0.15) is 15.0 Å². The molecule has 0 aliphatic carbocycles. The van der Waals surface area contributed by atoms with E-state index >= 15 is 0 Å². The minimum Gasteiger partial charge on any atom is -0.463 e. The van der Waals surface area contributed by atoms with E-state index in [0.717, 1.165) is 12.8 Å². The second kappa shape index (κ2) is 6.34. The zero-order valence-corrected chi connectivity index (χ0v) is 11.1. The lowest BCUT2D eigenvalue weighted by Gasteiger charge is -2.27. The summed E-state index contributed by atoms with van der Waals surface area (Å²) in [7, 11) is 0. The molecule has 0 spiro atoms. The Kier molecular flexibility index (Phi) is 5.08. The van der Waals surface area contributed by atoms with Gasteiger partial charge in [0, 0.05) is 0 Å². The number of nitrogen functional groups attached to an aromatic ring is 1. The lowest BCUT2D eigenvalue weighted by molar-refractivity contribution is 0.218. The third-order valence-electron chi connectivity index (χ3n) is 2.61. The average Bonchev–Trinajstić information content (AvgIpc) is 2.35. The van der Waals surface area contributed by atoms with Crippen LogP contribution in [0.3, 0.4) is 0 Å². The maximum Gasteiger partial charge on any atom is 0.323 e. The number of nitrogens with two attached hydrogens (primary N) is 1. The molecule has 0 saturated carbocycles. The topological polar surface area (TPSA) is 106 Å². The number of anilines is 2. The standard InChI is InChI=1S/C11H21N5O2/c1-4-6-18-10-14-8(12)13-9(15-10)16-11(3,5-2)7-17/h17H,4-7H2,1-3H3,(H3,12,13,14,15,16). The van der Waals surface area contributed by atoms with Crippen molar-refractivity contribution in [3.63, 3.8) is 0 Å². The molecule has 0 aliphatic heterocycles. The summed E-state index contributed by atoms with van der Waals surface area (Å²) < 4.78 is 5.31. The summed E-state index contributed by atoms with van der Waals surface area (Å²) in [5, 5.41) is 12.4. The van der Waals surface area contributed by atoms with E-state index in [-0.39, 0.29) is 18.6 Å². The molecule has 0 saturated heterocycles. The van der Waals surface area contributed by atoms with Crippen LogP contribution in [0.1, 0.15) is 33.6 Å². The van der Waals surface area contributed by atoms with Crippen LogP contribution in [0.25, 0.3) is 0 Å². The smallest absolute Gasteiger partial charge is 0.323 e. The molecule has 0 radical (unpaired) electrons. The van der Waals surface area contributed by atoms with Crippen molar-refractivity contribution in [1.82, 2.24) is 15.0 Å².